The maximum absolute atomic E-state index is 15.0. The maximum atomic E-state index is 15.0. The molecule has 0 bridgehead atoms. The van der Waals surface area contributed by atoms with Gasteiger partial charge in [0.05, 0.1) is 25.3 Å². The third kappa shape index (κ3) is 4.13. The molecule has 2 atom stereocenters. The molecule has 0 fully saturated rings. The quantitative estimate of drug-likeness (QED) is 0.463. The number of nitrogens with one attached hydrogen (secondary N) is 1. The molecule has 3 N–H and O–H groups in total. The van der Waals surface area contributed by atoms with Crippen molar-refractivity contribution >= 4 is 28.2 Å². The number of halogens is 5. The fourth-order valence-corrected chi connectivity index (χ4v) is 3.51. The first-order valence-electron chi connectivity index (χ1n) is 9.08. The first-order valence-corrected chi connectivity index (χ1v) is 9.46. The van der Waals surface area contributed by atoms with Crippen molar-refractivity contribution in [2.24, 2.45) is 0 Å². The second-order valence-electron chi connectivity index (χ2n) is 6.97. The molecule has 0 spiro atoms. The number of alkyl halides is 3. The molecule has 0 aliphatic rings. The Morgan fingerprint density at radius 1 is 1.16 bits per heavy atom. The van der Waals surface area contributed by atoms with Crippen molar-refractivity contribution in [3.63, 3.8) is 0 Å². The summed E-state index contributed by atoms with van der Waals surface area (Å²) in [6.07, 6.45) is -5.31. The van der Waals surface area contributed by atoms with Crippen molar-refractivity contribution in [1.29, 1.82) is 0 Å². The van der Waals surface area contributed by atoms with E-state index >= 15 is 0 Å². The molecule has 166 valence electrons. The van der Waals surface area contributed by atoms with Gasteiger partial charge in [-0.1, -0.05) is 23.7 Å². The van der Waals surface area contributed by atoms with Gasteiger partial charge in [0.1, 0.15) is 10.8 Å². The number of hydrogen-bond acceptors (Lipinski definition) is 5. The van der Waals surface area contributed by atoms with E-state index in [9.17, 15) is 27.8 Å². The molecule has 31 heavy (non-hydrogen) atoms. The third-order valence-corrected chi connectivity index (χ3v) is 5.34. The van der Waals surface area contributed by atoms with E-state index in [4.69, 9.17) is 16.3 Å². The van der Waals surface area contributed by atoms with Crippen molar-refractivity contribution in [2.75, 3.05) is 19.0 Å². The Bertz CT molecular complexity index is 1110. The smallest absolute Gasteiger partial charge is 0.421 e. The number of rotatable bonds is 6. The standard InChI is InChI=1S/C21H19ClF4N2O3/c1-11-6-7-12-14(27-11)4-3-5-15(12)28-19(20(30,10-29)21(24,25)26)13-8-9-16(31-2)17(22)18(13)23/h3-9,19,28-30H,10H2,1-2H3/t19-,20?/m1/s1. The topological polar surface area (TPSA) is 74.6 Å². The van der Waals surface area contributed by atoms with Crippen LogP contribution in [-0.4, -0.2) is 40.7 Å². The number of aromatic nitrogens is 1. The fraction of sp³-hybridized carbons (Fsp3) is 0.286. The van der Waals surface area contributed by atoms with Crippen LogP contribution in [0.3, 0.4) is 0 Å². The van der Waals surface area contributed by atoms with Gasteiger partial charge in [-0.05, 0) is 37.3 Å². The van der Waals surface area contributed by atoms with Gasteiger partial charge in [0.15, 0.2) is 5.82 Å². The van der Waals surface area contributed by atoms with Crippen molar-refractivity contribution in [1.82, 2.24) is 4.98 Å². The molecule has 0 aliphatic heterocycles. The first-order chi connectivity index (χ1) is 14.5. The van der Waals surface area contributed by atoms with E-state index in [-0.39, 0.29) is 11.4 Å². The van der Waals surface area contributed by atoms with Crippen LogP contribution in [0.25, 0.3) is 10.9 Å². The molecule has 10 heteroatoms. The number of benzene rings is 2. The molecule has 2 aromatic carbocycles. The summed E-state index contributed by atoms with van der Waals surface area (Å²) in [5, 5.41) is 22.5. The number of fused-ring (bicyclic) bond motifs is 1. The number of hydrogen-bond donors (Lipinski definition) is 3. The van der Waals surface area contributed by atoms with E-state index in [2.05, 4.69) is 10.3 Å². The van der Waals surface area contributed by atoms with Crippen LogP contribution in [0.2, 0.25) is 5.02 Å². The van der Waals surface area contributed by atoms with Crippen LogP contribution in [0.5, 0.6) is 5.75 Å². The normalized spacial score (nSPS) is 14.9. The molecule has 1 aromatic heterocycles. The summed E-state index contributed by atoms with van der Waals surface area (Å²) < 4.78 is 61.4. The molecular formula is C21H19ClF4N2O3. The summed E-state index contributed by atoms with van der Waals surface area (Å²) in [6.45, 7) is 0.0324. The van der Waals surface area contributed by atoms with Gasteiger partial charge in [-0.25, -0.2) is 4.39 Å². The minimum Gasteiger partial charge on any atom is -0.495 e. The number of aliphatic hydroxyl groups excluding tert-OH is 1. The summed E-state index contributed by atoms with van der Waals surface area (Å²) in [4.78, 5) is 4.32. The highest BCUT2D eigenvalue weighted by Gasteiger charge is 2.59. The van der Waals surface area contributed by atoms with E-state index < -0.39 is 40.8 Å². The summed E-state index contributed by atoms with van der Waals surface area (Å²) in [5.41, 5.74) is -3.01. The van der Waals surface area contributed by atoms with Gasteiger partial charge in [0, 0.05) is 22.3 Å². The van der Waals surface area contributed by atoms with Gasteiger partial charge >= 0.3 is 6.18 Å². The second kappa shape index (κ2) is 8.49. The zero-order valence-electron chi connectivity index (χ0n) is 16.5. The SMILES string of the molecule is COc1ccc([C@@H](Nc2cccc3nc(C)ccc23)C(O)(CO)C(F)(F)F)c(F)c1Cl. The fourth-order valence-electron chi connectivity index (χ4n) is 3.26. The molecule has 3 aromatic rings. The zero-order chi connectivity index (χ0) is 23.0. The number of ether oxygens (including phenoxy) is 1. The Morgan fingerprint density at radius 3 is 2.48 bits per heavy atom. The molecule has 0 amide bonds. The number of anilines is 1. The van der Waals surface area contributed by atoms with Gasteiger partial charge in [0.2, 0.25) is 5.60 Å². The Hall–Kier alpha value is -2.62. The monoisotopic (exact) mass is 458 g/mol. The van der Waals surface area contributed by atoms with E-state index in [0.717, 1.165) is 6.07 Å². The molecule has 0 saturated carbocycles. The van der Waals surface area contributed by atoms with Crippen LogP contribution in [0.4, 0.5) is 23.2 Å². The number of aryl methyl sites for hydroxylation is 1. The Morgan fingerprint density at radius 2 is 1.87 bits per heavy atom. The van der Waals surface area contributed by atoms with Gasteiger partial charge in [0.25, 0.3) is 0 Å². The van der Waals surface area contributed by atoms with Gasteiger partial charge < -0.3 is 20.3 Å². The summed E-state index contributed by atoms with van der Waals surface area (Å²) in [7, 11) is 1.22. The largest absolute Gasteiger partial charge is 0.495 e. The average molecular weight is 459 g/mol. The maximum Gasteiger partial charge on any atom is 0.421 e. The van der Waals surface area contributed by atoms with Crippen molar-refractivity contribution < 1.29 is 32.5 Å². The molecule has 1 heterocycles. The summed E-state index contributed by atoms with van der Waals surface area (Å²) in [6, 6.07) is 8.02. The lowest BCUT2D eigenvalue weighted by Gasteiger charge is -2.37. The van der Waals surface area contributed by atoms with Crippen molar-refractivity contribution in [3.05, 3.63) is 64.6 Å². The van der Waals surface area contributed by atoms with Crippen LogP contribution in [0, 0.1) is 12.7 Å². The van der Waals surface area contributed by atoms with Crippen molar-refractivity contribution in [3.8, 4) is 5.75 Å². The molecule has 0 saturated heterocycles. The van der Waals surface area contributed by atoms with E-state index in [1.165, 1.54) is 19.2 Å². The third-order valence-electron chi connectivity index (χ3n) is 4.99. The predicted octanol–water partition coefficient (Wildman–Crippen LogP) is 4.78. The lowest BCUT2D eigenvalue weighted by Crippen LogP contribution is -2.55. The van der Waals surface area contributed by atoms with Crippen LogP contribution in [0.15, 0.2) is 42.5 Å². The number of methoxy groups -OCH3 is 1. The molecular weight excluding hydrogens is 440 g/mol. The predicted molar refractivity (Wildman–Crippen MR) is 109 cm³/mol. The minimum absolute atomic E-state index is 0.0916. The number of nitrogens with zero attached hydrogens (tertiary/aromatic N) is 1. The van der Waals surface area contributed by atoms with Gasteiger partial charge in [-0.2, -0.15) is 13.2 Å². The zero-order valence-corrected chi connectivity index (χ0v) is 17.2. The Labute approximate surface area is 180 Å². The molecule has 3 rings (SSSR count). The lowest BCUT2D eigenvalue weighted by atomic mass is 9.87. The minimum atomic E-state index is -5.31. The lowest BCUT2D eigenvalue weighted by molar-refractivity contribution is -0.277. The second-order valence-corrected chi connectivity index (χ2v) is 7.35. The highest BCUT2D eigenvalue weighted by molar-refractivity contribution is 6.32. The van der Waals surface area contributed by atoms with Crippen molar-refractivity contribution in [2.45, 2.75) is 24.7 Å². The van der Waals surface area contributed by atoms with Crippen LogP contribution >= 0.6 is 11.6 Å². The van der Waals surface area contributed by atoms with Gasteiger partial charge in [-0.3, -0.25) is 4.98 Å². The molecule has 5 nitrogen and oxygen atoms in total. The molecule has 1 unspecified atom stereocenters. The van der Waals surface area contributed by atoms with Crippen LogP contribution in [-0.2, 0) is 0 Å². The Kier molecular flexibility index (Phi) is 6.31. The van der Waals surface area contributed by atoms with E-state index in [1.54, 1.807) is 31.2 Å². The number of aliphatic hydroxyl groups is 2. The molecule has 0 radical (unpaired) electrons. The van der Waals surface area contributed by atoms with E-state index in [1.807, 2.05) is 0 Å². The summed E-state index contributed by atoms with van der Waals surface area (Å²) >= 11 is 5.90. The number of pyridine rings is 1. The Balaban J connectivity index is 2.23. The molecule has 0 aliphatic carbocycles. The first kappa shape index (κ1) is 23.1. The highest BCUT2D eigenvalue weighted by atomic mass is 35.5. The average Bonchev–Trinajstić information content (AvgIpc) is 2.72. The van der Waals surface area contributed by atoms with E-state index in [0.29, 0.717) is 16.6 Å². The van der Waals surface area contributed by atoms with Gasteiger partial charge in [-0.15, -0.1) is 0 Å². The highest BCUT2D eigenvalue weighted by Crippen LogP contribution is 2.45. The van der Waals surface area contributed by atoms with Crippen LogP contribution < -0.4 is 10.1 Å². The summed E-state index contributed by atoms with van der Waals surface area (Å²) in [5.74, 6) is -1.31. The van der Waals surface area contributed by atoms with Crippen LogP contribution in [0.1, 0.15) is 17.3 Å².